The van der Waals surface area contributed by atoms with Crippen LogP contribution in [0.3, 0.4) is 0 Å². The number of nitriles is 2. The summed E-state index contributed by atoms with van der Waals surface area (Å²) in [6, 6.07) is 5.75. The van der Waals surface area contributed by atoms with E-state index < -0.39 is 18.3 Å². The van der Waals surface area contributed by atoms with Gasteiger partial charge >= 0.3 is 7.12 Å². The smallest absolute Gasteiger partial charge is 0.399 e. The lowest BCUT2D eigenvalue weighted by Gasteiger charge is -2.32. The summed E-state index contributed by atoms with van der Waals surface area (Å²) in [6.45, 7) is 7.82. The number of aromatic nitrogens is 1. The Morgan fingerprint density at radius 2 is 1.80 bits per heavy atom. The monoisotopic (exact) mass is 269 g/mol. The number of hydrogen-bond donors (Lipinski definition) is 0. The van der Waals surface area contributed by atoms with Gasteiger partial charge in [0.15, 0.2) is 0 Å². The predicted octanol–water partition coefficient (Wildman–Crippen LogP) is 1.32. The van der Waals surface area contributed by atoms with Gasteiger partial charge in [-0.05, 0) is 33.8 Å². The fourth-order valence-electron chi connectivity index (χ4n) is 1.94. The van der Waals surface area contributed by atoms with Gasteiger partial charge in [0, 0.05) is 11.7 Å². The zero-order chi connectivity index (χ0) is 15.0. The molecule has 0 bridgehead atoms. The van der Waals surface area contributed by atoms with Crippen molar-refractivity contribution in [2.24, 2.45) is 0 Å². The molecule has 5 nitrogen and oxygen atoms in total. The molecule has 0 amide bonds. The quantitative estimate of drug-likeness (QED) is 0.756. The molecule has 102 valence electrons. The zero-order valence-electron chi connectivity index (χ0n) is 12.1. The molecule has 0 aromatic carbocycles. The highest BCUT2D eigenvalue weighted by Gasteiger charge is 2.52. The highest BCUT2D eigenvalue weighted by atomic mass is 16.7. The van der Waals surface area contributed by atoms with Crippen molar-refractivity contribution >= 4 is 12.6 Å². The molecule has 0 N–H and O–H groups in total. The van der Waals surface area contributed by atoms with E-state index in [1.165, 1.54) is 0 Å². The lowest BCUT2D eigenvalue weighted by molar-refractivity contribution is 0.00578. The van der Waals surface area contributed by atoms with Gasteiger partial charge < -0.3 is 9.31 Å². The molecule has 20 heavy (non-hydrogen) atoms. The largest absolute Gasteiger partial charge is 0.497 e. The molecular weight excluding hydrogens is 253 g/mol. The maximum absolute atomic E-state index is 9.26. The van der Waals surface area contributed by atoms with E-state index in [9.17, 15) is 5.26 Å². The summed E-state index contributed by atoms with van der Waals surface area (Å²) in [5, 5.41) is 17.9. The standard InChI is InChI=1S/C14H16BN3O2/c1-13(2)14(3,4)20-15(19-13)12-9-18-11(5-6-16)7-10(12)8-17/h7,9H,5H2,1-4H3. The van der Waals surface area contributed by atoms with Gasteiger partial charge in [-0.25, -0.2) is 0 Å². The average molecular weight is 269 g/mol. The van der Waals surface area contributed by atoms with Crippen molar-refractivity contribution in [3.63, 3.8) is 0 Å². The van der Waals surface area contributed by atoms with Crippen LogP contribution >= 0.6 is 0 Å². The minimum Gasteiger partial charge on any atom is -0.399 e. The van der Waals surface area contributed by atoms with Crippen LogP contribution in [0.15, 0.2) is 12.3 Å². The first-order valence-electron chi connectivity index (χ1n) is 6.42. The molecule has 0 aliphatic carbocycles. The molecule has 0 saturated carbocycles. The van der Waals surface area contributed by atoms with E-state index in [1.807, 2.05) is 33.8 Å². The number of rotatable bonds is 2. The predicted molar refractivity (Wildman–Crippen MR) is 74.0 cm³/mol. The van der Waals surface area contributed by atoms with Crippen LogP contribution in [0.5, 0.6) is 0 Å². The first-order chi connectivity index (χ1) is 9.30. The van der Waals surface area contributed by atoms with Crippen molar-refractivity contribution in [2.45, 2.75) is 45.3 Å². The summed E-state index contributed by atoms with van der Waals surface area (Å²) >= 11 is 0. The lowest BCUT2D eigenvalue weighted by Crippen LogP contribution is -2.41. The maximum Gasteiger partial charge on any atom is 0.497 e. The van der Waals surface area contributed by atoms with E-state index in [1.54, 1.807) is 12.3 Å². The minimum absolute atomic E-state index is 0.179. The highest BCUT2D eigenvalue weighted by molar-refractivity contribution is 6.62. The Kier molecular flexibility index (Phi) is 3.56. The van der Waals surface area contributed by atoms with Gasteiger partial charge in [-0.2, -0.15) is 10.5 Å². The van der Waals surface area contributed by atoms with Gasteiger partial charge in [-0.15, -0.1) is 0 Å². The van der Waals surface area contributed by atoms with E-state index in [2.05, 4.69) is 11.1 Å². The molecule has 0 spiro atoms. The third-order valence-electron chi connectivity index (χ3n) is 3.88. The maximum atomic E-state index is 9.26. The molecule has 2 rings (SSSR count). The van der Waals surface area contributed by atoms with Gasteiger partial charge in [-0.3, -0.25) is 4.98 Å². The van der Waals surface area contributed by atoms with E-state index in [0.29, 0.717) is 16.7 Å². The summed E-state index contributed by atoms with van der Waals surface area (Å²) in [4.78, 5) is 4.18. The Hall–Kier alpha value is -1.89. The molecule has 1 aliphatic heterocycles. The molecule has 6 heteroatoms. The molecule has 1 aliphatic rings. The normalized spacial score (nSPS) is 19.4. The van der Waals surface area contributed by atoms with Gasteiger partial charge in [0.1, 0.15) is 0 Å². The second-order valence-corrected chi connectivity index (χ2v) is 5.80. The van der Waals surface area contributed by atoms with Gasteiger partial charge in [0.05, 0.1) is 41.0 Å². The van der Waals surface area contributed by atoms with Crippen LogP contribution in [-0.4, -0.2) is 23.3 Å². The van der Waals surface area contributed by atoms with E-state index >= 15 is 0 Å². The molecule has 2 heterocycles. The summed E-state index contributed by atoms with van der Waals surface area (Å²) in [7, 11) is -0.613. The van der Waals surface area contributed by atoms with Crippen molar-refractivity contribution < 1.29 is 9.31 Å². The zero-order valence-corrected chi connectivity index (χ0v) is 12.1. The van der Waals surface area contributed by atoms with Crippen molar-refractivity contribution in [3.8, 4) is 12.1 Å². The van der Waals surface area contributed by atoms with Crippen LogP contribution in [0.2, 0.25) is 0 Å². The van der Waals surface area contributed by atoms with E-state index in [4.69, 9.17) is 14.6 Å². The number of pyridine rings is 1. The number of hydrogen-bond acceptors (Lipinski definition) is 5. The SMILES string of the molecule is CC1(C)OB(c2cnc(CC#N)cc2C#N)OC1(C)C. The number of nitrogens with zero attached hydrogens (tertiary/aromatic N) is 3. The molecule has 1 aromatic rings. The molecule has 0 unspecified atom stereocenters. The van der Waals surface area contributed by atoms with Crippen LogP contribution in [0.1, 0.15) is 39.0 Å². The Morgan fingerprint density at radius 3 is 2.30 bits per heavy atom. The first kappa shape index (κ1) is 14.5. The van der Waals surface area contributed by atoms with Crippen LogP contribution in [0.25, 0.3) is 0 Å². The molecule has 0 radical (unpaired) electrons. The summed E-state index contributed by atoms with van der Waals surface area (Å²) < 4.78 is 11.8. The Bertz CT molecular complexity index is 598. The Labute approximate surface area is 119 Å². The van der Waals surface area contributed by atoms with Crippen molar-refractivity contribution in [1.82, 2.24) is 4.98 Å². The molecule has 1 aromatic heterocycles. The average Bonchev–Trinajstić information content (AvgIpc) is 2.58. The Balaban J connectivity index is 2.36. The topological polar surface area (TPSA) is 78.9 Å². The van der Waals surface area contributed by atoms with Crippen molar-refractivity contribution in [3.05, 3.63) is 23.5 Å². The van der Waals surface area contributed by atoms with Crippen LogP contribution in [0, 0.1) is 22.7 Å². The fraction of sp³-hybridized carbons (Fsp3) is 0.500. The Morgan fingerprint density at radius 1 is 1.20 bits per heavy atom. The third kappa shape index (κ3) is 2.41. The summed E-state index contributed by atoms with van der Waals surface area (Å²) in [5.41, 5.74) is 0.687. The van der Waals surface area contributed by atoms with Gasteiger partial charge in [-0.1, -0.05) is 0 Å². The molecule has 1 fully saturated rings. The molecular formula is C14H16BN3O2. The van der Waals surface area contributed by atoms with Gasteiger partial charge in [0.2, 0.25) is 0 Å². The van der Waals surface area contributed by atoms with Crippen LogP contribution in [0.4, 0.5) is 0 Å². The highest BCUT2D eigenvalue weighted by Crippen LogP contribution is 2.36. The van der Waals surface area contributed by atoms with E-state index in [-0.39, 0.29) is 6.42 Å². The minimum atomic E-state index is -0.613. The third-order valence-corrected chi connectivity index (χ3v) is 3.88. The molecule has 0 atom stereocenters. The summed E-state index contributed by atoms with van der Waals surface area (Å²) in [6.07, 6.45) is 1.74. The van der Waals surface area contributed by atoms with Crippen LogP contribution < -0.4 is 5.46 Å². The first-order valence-corrected chi connectivity index (χ1v) is 6.42. The lowest BCUT2D eigenvalue weighted by atomic mass is 9.77. The second-order valence-electron chi connectivity index (χ2n) is 5.80. The molecule has 1 saturated heterocycles. The summed E-state index contributed by atoms with van der Waals surface area (Å²) in [5.74, 6) is 0. The van der Waals surface area contributed by atoms with Crippen molar-refractivity contribution in [2.75, 3.05) is 0 Å². The second kappa shape index (κ2) is 4.90. The van der Waals surface area contributed by atoms with Crippen molar-refractivity contribution in [1.29, 1.82) is 10.5 Å². The fourth-order valence-corrected chi connectivity index (χ4v) is 1.94. The van der Waals surface area contributed by atoms with Gasteiger partial charge in [0.25, 0.3) is 0 Å². The van der Waals surface area contributed by atoms with Crippen LogP contribution in [-0.2, 0) is 15.7 Å². The van der Waals surface area contributed by atoms with E-state index in [0.717, 1.165) is 0 Å².